The van der Waals surface area contributed by atoms with Gasteiger partial charge < -0.3 is 72.7 Å². The normalized spacial score (nSPS) is 12.5. The van der Waals surface area contributed by atoms with Crippen LogP contribution in [0.2, 0.25) is 0 Å². The van der Waals surface area contributed by atoms with Crippen molar-refractivity contribution in [1.82, 2.24) is 16.0 Å². The number of hydrogen-bond acceptors (Lipinski definition) is 11. The number of alkyl halides is 9. The number of rotatable bonds is 17. The largest absolute Gasteiger partial charge is 0.542 e. The molecule has 3 atom stereocenters. The molecule has 18 nitrogen and oxygen atoms in total. The van der Waals surface area contributed by atoms with Gasteiger partial charge in [0.15, 0.2) is 0 Å². The number of carbonyl (C=O) groups is 7. The molecule has 0 aliphatic carbocycles. The van der Waals surface area contributed by atoms with Crippen molar-refractivity contribution < 1.29 is 115 Å². The predicted octanol–water partition coefficient (Wildman–Crippen LogP) is -4.70. The fraction of sp³-hybridized carbons (Fsp3) is 0.552. The van der Waals surface area contributed by atoms with Gasteiger partial charge in [-0.2, -0.15) is 39.5 Å². The minimum absolute atomic E-state index is 0.0503. The lowest BCUT2D eigenvalue weighted by Crippen LogP contribution is -2.57. The van der Waals surface area contributed by atoms with Crippen molar-refractivity contribution in [3.8, 4) is 0 Å². The summed E-state index contributed by atoms with van der Waals surface area (Å²) in [4.78, 5) is 76.0. The number of quaternary nitrogens is 3. The van der Waals surface area contributed by atoms with Crippen LogP contribution in [0.15, 0.2) is 30.3 Å². The molecule has 0 aliphatic rings. The van der Waals surface area contributed by atoms with Gasteiger partial charge in [0.05, 0.1) is 19.6 Å². The highest BCUT2D eigenvalue weighted by molar-refractivity contribution is 5.92. The molecular formula is C29H41F9N6O12. The predicted molar refractivity (Wildman–Crippen MR) is 159 cm³/mol. The smallest absolute Gasteiger partial charge is 0.430 e. The highest BCUT2D eigenvalue weighted by Crippen LogP contribution is 2.13. The SMILES string of the molecule is O=C([O-])C(F)(F)F.O=C([O-])C(F)(F)F.O=C([O-])C(F)(F)F.[NH3+]CCC[C@H](NC(=O)[C@H](CCC[NH3+])NC(=O)[C@H](CCC[NH3+])NC(=O)OCc1ccccc1)C(=O)O. The summed E-state index contributed by atoms with van der Waals surface area (Å²) in [5.41, 5.74) is 12.0. The van der Waals surface area contributed by atoms with Crippen molar-refractivity contribution in [2.45, 2.75) is 81.8 Å². The third kappa shape index (κ3) is 29.0. The molecule has 322 valence electrons. The van der Waals surface area contributed by atoms with Crippen LogP contribution in [0, 0.1) is 0 Å². The molecule has 1 aromatic rings. The number of carboxylic acids is 4. The Kier molecular flexibility index (Phi) is 27.5. The molecule has 0 aliphatic heterocycles. The van der Waals surface area contributed by atoms with E-state index in [0.29, 0.717) is 45.3 Å². The maximum Gasteiger partial charge on any atom is 0.430 e. The molecule has 56 heavy (non-hydrogen) atoms. The van der Waals surface area contributed by atoms with Gasteiger partial charge in [-0.15, -0.1) is 0 Å². The maximum atomic E-state index is 13.0. The molecule has 0 spiro atoms. The lowest BCUT2D eigenvalue weighted by molar-refractivity contribution is -0.369. The minimum Gasteiger partial charge on any atom is -0.542 e. The van der Waals surface area contributed by atoms with Gasteiger partial charge in [-0.25, -0.2) is 9.59 Å². The highest BCUT2D eigenvalue weighted by atomic mass is 19.4. The van der Waals surface area contributed by atoms with E-state index in [1.54, 1.807) is 0 Å². The molecule has 0 unspecified atom stereocenters. The molecule has 0 aromatic heterocycles. The number of ether oxygens (including phenoxy) is 1. The van der Waals surface area contributed by atoms with E-state index in [2.05, 4.69) is 33.2 Å². The van der Waals surface area contributed by atoms with E-state index in [9.17, 15) is 63.8 Å². The number of alkyl carbamates (subject to hydrolysis) is 1. The van der Waals surface area contributed by atoms with E-state index >= 15 is 0 Å². The number of amides is 3. The van der Waals surface area contributed by atoms with Crippen LogP contribution in [0.3, 0.4) is 0 Å². The number of benzene rings is 1. The van der Waals surface area contributed by atoms with E-state index in [0.717, 1.165) is 5.56 Å². The molecule has 13 N–H and O–H groups in total. The number of carboxylic acid groups (broad SMARTS) is 4. The first kappa shape index (κ1) is 54.9. The van der Waals surface area contributed by atoms with E-state index < -0.39 is 78.4 Å². The van der Waals surface area contributed by atoms with E-state index in [1.807, 2.05) is 30.3 Å². The number of hydrogen-bond donors (Lipinski definition) is 7. The van der Waals surface area contributed by atoms with Gasteiger partial charge in [-0.05, 0) is 44.1 Å². The molecule has 0 saturated carbocycles. The van der Waals surface area contributed by atoms with Crippen LogP contribution in [0.5, 0.6) is 0 Å². The Morgan fingerprint density at radius 3 is 1.20 bits per heavy atom. The van der Waals surface area contributed by atoms with Crippen LogP contribution >= 0.6 is 0 Å². The topological polar surface area (TPSA) is 337 Å². The zero-order chi connectivity index (χ0) is 44.3. The lowest BCUT2D eigenvalue weighted by atomic mass is 10.1. The summed E-state index contributed by atoms with van der Waals surface area (Å²) in [6.45, 7) is 1.69. The summed E-state index contributed by atoms with van der Waals surface area (Å²) >= 11 is 0. The molecule has 0 heterocycles. The van der Waals surface area contributed by atoms with E-state index in [-0.39, 0.29) is 19.4 Å². The Morgan fingerprint density at radius 1 is 0.589 bits per heavy atom. The van der Waals surface area contributed by atoms with Gasteiger partial charge in [0.1, 0.15) is 42.6 Å². The minimum atomic E-state index is -5.19. The van der Waals surface area contributed by atoms with Gasteiger partial charge in [-0.3, -0.25) is 9.59 Å². The first-order valence-electron chi connectivity index (χ1n) is 15.7. The molecule has 1 rings (SSSR count). The first-order valence-corrected chi connectivity index (χ1v) is 15.7. The van der Waals surface area contributed by atoms with Crippen LogP contribution in [0.4, 0.5) is 44.3 Å². The fourth-order valence-corrected chi connectivity index (χ4v) is 3.29. The summed E-state index contributed by atoms with van der Waals surface area (Å²) in [5.74, 6) is -11.3. The summed E-state index contributed by atoms with van der Waals surface area (Å²) in [6.07, 6.45) is -13.9. The average molecular weight is 837 g/mol. The van der Waals surface area contributed by atoms with Gasteiger partial charge in [0.25, 0.3) is 0 Å². The molecule has 0 fully saturated rings. The molecule has 27 heteroatoms. The van der Waals surface area contributed by atoms with Crippen LogP contribution < -0.4 is 48.5 Å². The Labute approximate surface area is 310 Å². The van der Waals surface area contributed by atoms with E-state index in [1.165, 1.54) is 0 Å². The van der Waals surface area contributed by atoms with Crippen molar-refractivity contribution in [2.75, 3.05) is 19.6 Å². The van der Waals surface area contributed by atoms with Crippen LogP contribution in [0.1, 0.15) is 44.1 Å². The summed E-state index contributed by atoms with van der Waals surface area (Å²) in [5, 5.41) is 43.5. The third-order valence-electron chi connectivity index (χ3n) is 5.99. The van der Waals surface area contributed by atoms with Gasteiger partial charge in [0.2, 0.25) is 11.8 Å². The molecule has 3 amide bonds. The van der Waals surface area contributed by atoms with Gasteiger partial charge in [-0.1, -0.05) is 30.3 Å². The van der Waals surface area contributed by atoms with Crippen LogP contribution in [0.25, 0.3) is 0 Å². The zero-order valence-electron chi connectivity index (χ0n) is 29.2. The van der Waals surface area contributed by atoms with Crippen molar-refractivity contribution in [3.05, 3.63) is 35.9 Å². The van der Waals surface area contributed by atoms with Crippen molar-refractivity contribution >= 4 is 41.8 Å². The Balaban J connectivity index is -0.00000108. The molecule has 1 aromatic carbocycles. The van der Waals surface area contributed by atoms with Crippen LogP contribution in [-0.2, 0) is 40.1 Å². The van der Waals surface area contributed by atoms with Crippen molar-refractivity contribution in [1.29, 1.82) is 0 Å². The summed E-state index contributed by atoms with van der Waals surface area (Å²) in [6, 6.07) is 6.16. The second kappa shape index (κ2) is 28.0. The van der Waals surface area contributed by atoms with Gasteiger partial charge >= 0.3 is 30.6 Å². The highest BCUT2D eigenvalue weighted by Gasteiger charge is 2.31. The number of halogens is 9. The molecular weight excluding hydrogens is 795 g/mol. The van der Waals surface area contributed by atoms with Crippen LogP contribution in [-0.4, -0.2) is 103 Å². The average Bonchev–Trinajstić information content (AvgIpc) is 3.09. The molecule has 0 radical (unpaired) electrons. The Morgan fingerprint density at radius 2 is 0.893 bits per heavy atom. The summed E-state index contributed by atoms with van der Waals surface area (Å²) < 4.78 is 99.9. The zero-order valence-corrected chi connectivity index (χ0v) is 29.2. The number of aliphatic carboxylic acids is 4. The summed E-state index contributed by atoms with van der Waals surface area (Å²) in [7, 11) is 0. The first-order chi connectivity index (χ1) is 25.6. The fourth-order valence-electron chi connectivity index (χ4n) is 3.29. The van der Waals surface area contributed by atoms with E-state index in [4.69, 9.17) is 34.4 Å². The molecule has 0 bridgehead atoms. The monoisotopic (exact) mass is 836 g/mol. The number of carbonyl (C=O) groups excluding carboxylic acids is 6. The third-order valence-corrected chi connectivity index (χ3v) is 5.99. The quantitative estimate of drug-likeness (QED) is 0.0729. The Bertz CT molecular complexity index is 1310. The second-order valence-electron chi connectivity index (χ2n) is 10.6. The van der Waals surface area contributed by atoms with Crippen molar-refractivity contribution in [3.63, 3.8) is 0 Å². The van der Waals surface area contributed by atoms with Crippen molar-refractivity contribution in [2.24, 2.45) is 0 Å². The number of nitrogens with one attached hydrogen (secondary N) is 3. The van der Waals surface area contributed by atoms with Gasteiger partial charge in [0, 0.05) is 0 Å². The maximum absolute atomic E-state index is 13.0. The lowest BCUT2D eigenvalue weighted by Gasteiger charge is -2.24. The second-order valence-corrected chi connectivity index (χ2v) is 10.6. The Hall–Kier alpha value is -5.44. The standard InChI is InChI=1S/C23H38N6O6.3C2HF3O2/c24-12-4-9-17(20(30)28-19(22(32)33)11-6-14-26)27-21(31)18(10-5-13-25)29-23(34)35-15-16-7-2-1-3-8-16;3*3-2(4,5)1(6)7/h1-3,7-8,17-19H,4-6,9-15,24-26H2,(H,27,31)(H,28,30)(H,29,34)(H,32,33);3*(H,6,7)/t17-,18-,19-;;;/m0.../s1. The molecule has 0 saturated heterocycles.